The van der Waals surface area contributed by atoms with Crippen LogP contribution in [0.25, 0.3) is 0 Å². The van der Waals surface area contributed by atoms with E-state index in [-0.39, 0.29) is 0 Å². The molecule has 0 fully saturated rings. The fraction of sp³-hybridized carbons (Fsp3) is 0.556. The first-order chi connectivity index (χ1) is 11.2. The monoisotopic (exact) mass is 353 g/mol. The van der Waals surface area contributed by atoms with Gasteiger partial charge in [-0.3, -0.25) is 4.68 Å². The van der Waals surface area contributed by atoms with E-state index in [1.165, 1.54) is 38.5 Å². The largest absolute Gasteiger partial charge is 0.252 e. The Bertz CT molecular complexity index is 570. The van der Waals surface area contributed by atoms with E-state index in [1.807, 2.05) is 22.9 Å². The van der Waals surface area contributed by atoms with Crippen molar-refractivity contribution < 1.29 is 0 Å². The van der Waals surface area contributed by atoms with Crippen LogP contribution in [0.15, 0.2) is 30.9 Å². The number of halogens is 2. The minimum Gasteiger partial charge on any atom is -0.252 e. The van der Waals surface area contributed by atoms with Gasteiger partial charge in [-0.2, -0.15) is 5.10 Å². The van der Waals surface area contributed by atoms with Crippen LogP contribution in [0.1, 0.15) is 63.4 Å². The highest BCUT2D eigenvalue weighted by molar-refractivity contribution is 6.35. The van der Waals surface area contributed by atoms with Crippen LogP contribution in [-0.4, -0.2) is 14.8 Å². The molecule has 126 valence electrons. The maximum atomic E-state index is 6.42. The second-order valence-electron chi connectivity index (χ2n) is 6.04. The number of hydrogen-bond acceptors (Lipinski definition) is 2. The van der Waals surface area contributed by atoms with E-state index < -0.39 is 0 Å². The SMILES string of the molecule is CCCCCCCCC(Cn1cncn1)c1ccc(Cl)cc1Cl. The molecular weight excluding hydrogens is 329 g/mol. The smallest absolute Gasteiger partial charge is 0.137 e. The first-order valence-corrected chi connectivity index (χ1v) is 9.23. The van der Waals surface area contributed by atoms with Gasteiger partial charge < -0.3 is 0 Å². The number of aromatic nitrogens is 3. The molecule has 1 heterocycles. The predicted molar refractivity (Wildman–Crippen MR) is 97.2 cm³/mol. The molecule has 0 aliphatic carbocycles. The van der Waals surface area contributed by atoms with Crippen LogP contribution >= 0.6 is 23.2 Å². The van der Waals surface area contributed by atoms with Crippen LogP contribution in [0.3, 0.4) is 0 Å². The summed E-state index contributed by atoms with van der Waals surface area (Å²) in [5.74, 6) is 0.340. The maximum absolute atomic E-state index is 6.42. The topological polar surface area (TPSA) is 30.7 Å². The van der Waals surface area contributed by atoms with E-state index in [0.717, 1.165) is 23.6 Å². The molecule has 1 unspecified atom stereocenters. The lowest BCUT2D eigenvalue weighted by Gasteiger charge is -2.19. The first kappa shape index (κ1) is 18.3. The third-order valence-corrected chi connectivity index (χ3v) is 4.74. The van der Waals surface area contributed by atoms with Gasteiger partial charge >= 0.3 is 0 Å². The molecule has 0 bridgehead atoms. The molecule has 0 saturated heterocycles. The Hall–Kier alpha value is -1.06. The van der Waals surface area contributed by atoms with Gasteiger partial charge in [-0.05, 0) is 24.1 Å². The molecule has 0 aliphatic rings. The van der Waals surface area contributed by atoms with Crippen molar-refractivity contribution in [3.63, 3.8) is 0 Å². The van der Waals surface area contributed by atoms with Crippen molar-refractivity contribution in [2.45, 2.75) is 64.3 Å². The average molecular weight is 354 g/mol. The molecular formula is C18H25Cl2N3. The molecule has 0 N–H and O–H groups in total. The number of unbranched alkanes of at least 4 members (excludes halogenated alkanes) is 5. The molecule has 23 heavy (non-hydrogen) atoms. The molecule has 0 aliphatic heterocycles. The lowest BCUT2D eigenvalue weighted by Crippen LogP contribution is -2.10. The summed E-state index contributed by atoms with van der Waals surface area (Å²) in [5.41, 5.74) is 1.15. The van der Waals surface area contributed by atoms with Crippen molar-refractivity contribution in [2.24, 2.45) is 0 Å². The van der Waals surface area contributed by atoms with Crippen molar-refractivity contribution in [2.75, 3.05) is 0 Å². The summed E-state index contributed by atoms with van der Waals surface area (Å²) < 4.78 is 1.88. The lowest BCUT2D eigenvalue weighted by atomic mass is 9.92. The molecule has 0 radical (unpaired) electrons. The van der Waals surface area contributed by atoms with Crippen molar-refractivity contribution in [3.05, 3.63) is 46.5 Å². The van der Waals surface area contributed by atoms with Gasteiger partial charge in [0, 0.05) is 22.5 Å². The van der Waals surface area contributed by atoms with Gasteiger partial charge in [-0.15, -0.1) is 0 Å². The van der Waals surface area contributed by atoms with Gasteiger partial charge in [-0.1, -0.05) is 74.7 Å². The fourth-order valence-corrected chi connectivity index (χ4v) is 3.46. The summed E-state index contributed by atoms with van der Waals surface area (Å²) in [6, 6.07) is 5.79. The number of hydrogen-bond donors (Lipinski definition) is 0. The molecule has 2 aromatic rings. The number of rotatable bonds is 10. The Morgan fingerprint density at radius 2 is 1.87 bits per heavy atom. The molecule has 2 rings (SSSR count). The zero-order valence-corrected chi connectivity index (χ0v) is 15.2. The van der Waals surface area contributed by atoms with Crippen LogP contribution < -0.4 is 0 Å². The second-order valence-corrected chi connectivity index (χ2v) is 6.88. The molecule has 1 atom stereocenters. The molecule has 0 spiro atoms. The second kappa shape index (κ2) is 9.94. The van der Waals surface area contributed by atoms with E-state index in [9.17, 15) is 0 Å². The highest BCUT2D eigenvalue weighted by Gasteiger charge is 2.16. The summed E-state index contributed by atoms with van der Waals surface area (Å²) in [5, 5.41) is 5.66. The Labute approximate surface area is 149 Å². The molecule has 3 nitrogen and oxygen atoms in total. The van der Waals surface area contributed by atoms with Crippen molar-refractivity contribution in [1.82, 2.24) is 14.8 Å². The Morgan fingerprint density at radius 3 is 2.57 bits per heavy atom. The van der Waals surface area contributed by atoms with Gasteiger partial charge in [0.25, 0.3) is 0 Å². The summed E-state index contributed by atoms with van der Waals surface area (Å²) >= 11 is 12.4. The van der Waals surface area contributed by atoms with Crippen LogP contribution in [0, 0.1) is 0 Å². The quantitative estimate of drug-likeness (QED) is 0.481. The average Bonchev–Trinajstić information content (AvgIpc) is 3.03. The Balaban J connectivity index is 1.97. The fourth-order valence-electron chi connectivity index (χ4n) is 2.90. The highest BCUT2D eigenvalue weighted by atomic mass is 35.5. The third kappa shape index (κ3) is 6.15. The number of nitrogens with zero attached hydrogens (tertiary/aromatic N) is 3. The van der Waals surface area contributed by atoms with Gasteiger partial charge in [0.1, 0.15) is 12.7 Å². The molecule has 5 heteroatoms. The molecule has 1 aromatic carbocycles. The van der Waals surface area contributed by atoms with Crippen molar-refractivity contribution in [3.8, 4) is 0 Å². The van der Waals surface area contributed by atoms with Crippen LogP contribution in [-0.2, 0) is 6.54 Å². The minimum atomic E-state index is 0.340. The number of benzene rings is 1. The van der Waals surface area contributed by atoms with Gasteiger partial charge in [-0.25, -0.2) is 4.98 Å². The van der Waals surface area contributed by atoms with E-state index >= 15 is 0 Å². The Kier molecular flexibility index (Phi) is 7.90. The predicted octanol–water partition coefficient (Wildman–Crippen LogP) is 6.12. The van der Waals surface area contributed by atoms with Gasteiger partial charge in [0.15, 0.2) is 0 Å². The normalized spacial score (nSPS) is 12.5. The molecule has 1 aromatic heterocycles. The standard InChI is InChI=1S/C18H25Cl2N3/c1-2-3-4-5-6-7-8-15(12-23-14-21-13-22-23)17-10-9-16(19)11-18(17)20/h9-11,13-15H,2-8,12H2,1H3. The van der Waals surface area contributed by atoms with Crippen LogP contribution in [0.5, 0.6) is 0 Å². The van der Waals surface area contributed by atoms with Gasteiger partial charge in [0.05, 0.1) is 0 Å². The van der Waals surface area contributed by atoms with E-state index in [4.69, 9.17) is 23.2 Å². The molecule has 0 amide bonds. The minimum absolute atomic E-state index is 0.340. The molecule has 0 saturated carbocycles. The first-order valence-electron chi connectivity index (χ1n) is 8.48. The van der Waals surface area contributed by atoms with Crippen LogP contribution in [0.2, 0.25) is 10.0 Å². The summed E-state index contributed by atoms with van der Waals surface area (Å²) in [6.07, 6.45) is 12.2. The van der Waals surface area contributed by atoms with Gasteiger partial charge in [0.2, 0.25) is 0 Å². The van der Waals surface area contributed by atoms with Crippen LogP contribution in [0.4, 0.5) is 0 Å². The summed E-state index contributed by atoms with van der Waals surface area (Å²) in [7, 11) is 0. The Morgan fingerprint density at radius 1 is 1.09 bits per heavy atom. The third-order valence-electron chi connectivity index (χ3n) is 4.18. The zero-order chi connectivity index (χ0) is 16.5. The van der Waals surface area contributed by atoms with E-state index in [0.29, 0.717) is 10.9 Å². The van der Waals surface area contributed by atoms with Crippen molar-refractivity contribution in [1.29, 1.82) is 0 Å². The lowest BCUT2D eigenvalue weighted by molar-refractivity contribution is 0.462. The summed E-state index contributed by atoms with van der Waals surface area (Å²) in [4.78, 5) is 4.03. The van der Waals surface area contributed by atoms with Crippen molar-refractivity contribution >= 4 is 23.2 Å². The summed E-state index contributed by atoms with van der Waals surface area (Å²) in [6.45, 7) is 3.05. The van der Waals surface area contributed by atoms with E-state index in [1.54, 1.807) is 12.7 Å². The maximum Gasteiger partial charge on any atom is 0.137 e. The zero-order valence-electron chi connectivity index (χ0n) is 13.7. The highest BCUT2D eigenvalue weighted by Crippen LogP contribution is 2.32. The van der Waals surface area contributed by atoms with E-state index in [2.05, 4.69) is 17.0 Å².